The minimum atomic E-state index is 0. The van der Waals surface area contributed by atoms with Gasteiger partial charge in [0.15, 0.2) is 5.96 Å². The fraction of sp³-hybridized carbons (Fsp3) is 0.882. The van der Waals surface area contributed by atoms with Crippen molar-refractivity contribution in [3.05, 3.63) is 0 Å². The molecule has 1 saturated carbocycles. The first-order chi connectivity index (χ1) is 10.6. The average molecular weight is 438 g/mol. The Morgan fingerprint density at radius 3 is 2.30 bits per heavy atom. The molecule has 0 saturated heterocycles. The van der Waals surface area contributed by atoms with Crippen molar-refractivity contribution in [2.45, 2.75) is 58.3 Å². The number of hydrogen-bond donors (Lipinski definition) is 2. The molecule has 0 bridgehead atoms. The largest absolute Gasteiger partial charge is 0.356 e. The van der Waals surface area contributed by atoms with Crippen LogP contribution in [0.4, 0.5) is 0 Å². The van der Waals surface area contributed by atoms with Gasteiger partial charge in [-0.25, -0.2) is 4.99 Å². The first kappa shape index (κ1) is 22.5. The third kappa shape index (κ3) is 10.8. The number of nitrogens with zero attached hydrogens (tertiary/aromatic N) is 2. The van der Waals surface area contributed by atoms with Crippen LogP contribution >= 0.6 is 24.0 Å². The highest BCUT2D eigenvalue weighted by molar-refractivity contribution is 14.0. The Morgan fingerprint density at radius 2 is 1.74 bits per heavy atom. The van der Waals surface area contributed by atoms with Crippen molar-refractivity contribution in [2.75, 3.05) is 33.7 Å². The highest BCUT2D eigenvalue weighted by atomic mass is 127. The highest BCUT2D eigenvalue weighted by Gasteiger charge is 2.14. The number of carbonyl (C=O) groups excluding carboxylic acids is 1. The van der Waals surface area contributed by atoms with Gasteiger partial charge in [-0.1, -0.05) is 39.0 Å². The zero-order valence-electron chi connectivity index (χ0n) is 15.1. The van der Waals surface area contributed by atoms with Gasteiger partial charge in [0.1, 0.15) is 6.54 Å². The molecule has 0 unspecified atom stereocenters. The Hall–Kier alpha value is -0.530. The number of carbonyl (C=O) groups is 1. The van der Waals surface area contributed by atoms with E-state index in [1.165, 1.54) is 38.5 Å². The maximum Gasteiger partial charge on any atom is 0.243 e. The fourth-order valence-corrected chi connectivity index (χ4v) is 2.74. The summed E-state index contributed by atoms with van der Waals surface area (Å²) < 4.78 is 0. The Labute approximate surface area is 159 Å². The van der Waals surface area contributed by atoms with Crippen molar-refractivity contribution in [3.63, 3.8) is 0 Å². The quantitative estimate of drug-likeness (QED) is 0.252. The van der Waals surface area contributed by atoms with E-state index in [4.69, 9.17) is 0 Å². The molecule has 0 atom stereocenters. The van der Waals surface area contributed by atoms with E-state index in [0.717, 1.165) is 37.8 Å². The fourth-order valence-electron chi connectivity index (χ4n) is 2.74. The molecule has 0 aromatic carbocycles. The Bertz CT molecular complexity index is 341. The van der Waals surface area contributed by atoms with Crippen LogP contribution in [-0.2, 0) is 4.79 Å². The van der Waals surface area contributed by atoms with Crippen LogP contribution in [0, 0.1) is 5.92 Å². The van der Waals surface area contributed by atoms with Crippen LogP contribution in [-0.4, -0.2) is 50.5 Å². The summed E-state index contributed by atoms with van der Waals surface area (Å²) in [5, 5.41) is 6.68. The lowest BCUT2D eigenvalue weighted by atomic mass is 10.0. The van der Waals surface area contributed by atoms with Gasteiger partial charge in [-0.05, 0) is 25.2 Å². The maximum atomic E-state index is 11.6. The van der Waals surface area contributed by atoms with Crippen LogP contribution in [0.3, 0.4) is 0 Å². The first-order valence-corrected chi connectivity index (χ1v) is 8.85. The number of rotatable bonds is 9. The normalized spacial score (nSPS) is 15.2. The Kier molecular flexibility index (Phi) is 13.5. The number of guanidine groups is 1. The predicted molar refractivity (Wildman–Crippen MR) is 109 cm³/mol. The van der Waals surface area contributed by atoms with Crippen LogP contribution in [0.1, 0.15) is 58.3 Å². The molecular formula is C17H35IN4O. The Morgan fingerprint density at radius 1 is 1.13 bits per heavy atom. The smallest absolute Gasteiger partial charge is 0.243 e. The summed E-state index contributed by atoms with van der Waals surface area (Å²) in [6.45, 7) is 4.21. The van der Waals surface area contributed by atoms with E-state index in [1.807, 2.05) is 0 Å². The number of halogens is 1. The van der Waals surface area contributed by atoms with Crippen LogP contribution in [0.5, 0.6) is 0 Å². The molecule has 1 amide bonds. The third-order valence-electron chi connectivity index (χ3n) is 4.25. The standard InChI is InChI=1S/C17H34N4O.HI/c1-4-5-12-18-17(20-14-16(22)21(2)3)19-13-8-11-15-9-6-7-10-15;/h15H,4-14H2,1-3H3,(H2,18,19,20);1H. The van der Waals surface area contributed by atoms with Crippen LogP contribution in [0.15, 0.2) is 4.99 Å². The van der Waals surface area contributed by atoms with Gasteiger partial charge < -0.3 is 15.5 Å². The van der Waals surface area contributed by atoms with Crippen LogP contribution in [0.25, 0.3) is 0 Å². The summed E-state index contributed by atoms with van der Waals surface area (Å²) >= 11 is 0. The Balaban J connectivity index is 0.00000484. The van der Waals surface area contributed by atoms with E-state index in [-0.39, 0.29) is 36.4 Å². The van der Waals surface area contributed by atoms with E-state index >= 15 is 0 Å². The summed E-state index contributed by atoms with van der Waals surface area (Å²) in [5.41, 5.74) is 0. The van der Waals surface area contributed by atoms with Gasteiger partial charge in [0.25, 0.3) is 0 Å². The number of likely N-dealkylation sites (N-methyl/N-ethyl adjacent to an activating group) is 1. The molecular weight excluding hydrogens is 403 g/mol. The number of hydrogen-bond acceptors (Lipinski definition) is 2. The third-order valence-corrected chi connectivity index (χ3v) is 4.25. The first-order valence-electron chi connectivity index (χ1n) is 8.85. The second kappa shape index (κ2) is 13.9. The van der Waals surface area contributed by atoms with Crippen molar-refractivity contribution in [1.82, 2.24) is 15.5 Å². The van der Waals surface area contributed by atoms with Gasteiger partial charge in [0.2, 0.25) is 5.91 Å². The van der Waals surface area contributed by atoms with Crippen LogP contribution in [0.2, 0.25) is 0 Å². The molecule has 0 aliphatic heterocycles. The second-order valence-corrected chi connectivity index (χ2v) is 6.45. The van der Waals surface area contributed by atoms with Gasteiger partial charge in [-0.2, -0.15) is 0 Å². The molecule has 0 aromatic heterocycles. The number of nitrogens with one attached hydrogen (secondary N) is 2. The zero-order chi connectivity index (χ0) is 16.2. The van der Waals surface area contributed by atoms with E-state index in [9.17, 15) is 4.79 Å². The van der Waals surface area contributed by atoms with Crippen molar-refractivity contribution in [1.29, 1.82) is 0 Å². The summed E-state index contributed by atoms with van der Waals surface area (Å²) in [5.74, 6) is 1.74. The number of unbranched alkanes of at least 4 members (excludes halogenated alkanes) is 1. The molecule has 23 heavy (non-hydrogen) atoms. The molecule has 2 N–H and O–H groups in total. The van der Waals surface area contributed by atoms with E-state index in [0.29, 0.717) is 0 Å². The van der Waals surface area contributed by atoms with Gasteiger partial charge in [0, 0.05) is 27.2 Å². The van der Waals surface area contributed by atoms with Gasteiger partial charge in [-0.3, -0.25) is 4.79 Å². The summed E-state index contributed by atoms with van der Waals surface area (Å²) in [6, 6.07) is 0. The monoisotopic (exact) mass is 438 g/mol. The van der Waals surface area contributed by atoms with E-state index in [2.05, 4.69) is 22.5 Å². The van der Waals surface area contributed by atoms with E-state index in [1.54, 1.807) is 19.0 Å². The molecule has 0 spiro atoms. The van der Waals surface area contributed by atoms with Crippen LogP contribution < -0.4 is 10.6 Å². The molecule has 0 aromatic rings. The summed E-state index contributed by atoms with van der Waals surface area (Å²) in [4.78, 5) is 17.6. The van der Waals surface area contributed by atoms with Crippen molar-refractivity contribution in [3.8, 4) is 0 Å². The SMILES string of the molecule is CCCCNC(=NCC(=O)N(C)C)NCCCC1CCCC1.I. The van der Waals surface area contributed by atoms with Gasteiger partial charge >= 0.3 is 0 Å². The maximum absolute atomic E-state index is 11.6. The van der Waals surface area contributed by atoms with Crippen molar-refractivity contribution >= 4 is 35.8 Å². The minimum absolute atomic E-state index is 0. The lowest BCUT2D eigenvalue weighted by Crippen LogP contribution is -2.39. The molecule has 136 valence electrons. The molecule has 0 heterocycles. The number of aliphatic imine (C=N–C) groups is 1. The van der Waals surface area contributed by atoms with Crippen molar-refractivity contribution in [2.24, 2.45) is 10.9 Å². The zero-order valence-corrected chi connectivity index (χ0v) is 17.4. The second-order valence-electron chi connectivity index (χ2n) is 6.45. The highest BCUT2D eigenvalue weighted by Crippen LogP contribution is 2.28. The lowest BCUT2D eigenvalue weighted by Gasteiger charge is -2.14. The number of amides is 1. The summed E-state index contributed by atoms with van der Waals surface area (Å²) in [6.07, 6.45) is 10.4. The van der Waals surface area contributed by atoms with E-state index < -0.39 is 0 Å². The van der Waals surface area contributed by atoms with Crippen molar-refractivity contribution < 1.29 is 4.79 Å². The molecule has 6 heteroatoms. The van der Waals surface area contributed by atoms with Gasteiger partial charge in [-0.15, -0.1) is 24.0 Å². The molecule has 1 aliphatic rings. The molecule has 1 fully saturated rings. The summed E-state index contributed by atoms with van der Waals surface area (Å²) in [7, 11) is 3.52. The molecule has 5 nitrogen and oxygen atoms in total. The molecule has 0 radical (unpaired) electrons. The van der Waals surface area contributed by atoms with Gasteiger partial charge in [0.05, 0.1) is 0 Å². The minimum Gasteiger partial charge on any atom is -0.356 e. The lowest BCUT2D eigenvalue weighted by molar-refractivity contribution is -0.127. The molecule has 1 aliphatic carbocycles. The predicted octanol–water partition coefficient (Wildman–Crippen LogP) is 3.00. The molecule has 1 rings (SSSR count). The average Bonchev–Trinajstić information content (AvgIpc) is 3.01. The topological polar surface area (TPSA) is 56.7 Å².